The Morgan fingerprint density at radius 1 is 0.611 bits per heavy atom. The van der Waals surface area contributed by atoms with Gasteiger partial charge in [0.05, 0.1) is 26.4 Å². The summed E-state index contributed by atoms with van der Waals surface area (Å²) in [6, 6.07) is 0. The van der Waals surface area contributed by atoms with E-state index in [2.05, 4.69) is 27.7 Å². The third kappa shape index (κ3) is 6.75. The minimum absolute atomic E-state index is 0.00534. The molecule has 18 heavy (non-hydrogen) atoms. The smallest absolute Gasteiger partial charge is 0.167 e. The molecule has 0 saturated carbocycles. The molecule has 4 nitrogen and oxygen atoms in total. The van der Waals surface area contributed by atoms with Crippen LogP contribution in [0.15, 0.2) is 0 Å². The molecule has 0 amide bonds. The van der Waals surface area contributed by atoms with Crippen molar-refractivity contribution in [2.75, 3.05) is 39.8 Å². The van der Waals surface area contributed by atoms with Gasteiger partial charge in [0, 0.05) is 24.2 Å². The second-order valence-electron chi connectivity index (χ2n) is 6.30. The molecule has 0 aromatic heterocycles. The lowest BCUT2D eigenvalue weighted by Gasteiger charge is -2.31. The fraction of sp³-hybridized carbons (Fsp3) is 1.00. The maximum Gasteiger partial charge on any atom is 0.167 e. The van der Waals surface area contributed by atoms with Gasteiger partial charge in [-0.3, -0.25) is 0 Å². The second-order valence-corrected chi connectivity index (χ2v) is 9.09. The summed E-state index contributed by atoms with van der Waals surface area (Å²) < 4.78 is 23.2. The molecule has 0 radical (unpaired) electrons. The van der Waals surface area contributed by atoms with Crippen LogP contribution in [0.2, 0.25) is 0 Å². The standard InChI is InChI=1S/C12H26O4P2/c1-11(2)7-13-17(5)15-9-12(3,4)10-16-18(6)14-8-11/h7-10H2,1-6H3. The molecule has 1 rings (SSSR count). The van der Waals surface area contributed by atoms with Gasteiger partial charge < -0.3 is 18.1 Å². The summed E-state index contributed by atoms with van der Waals surface area (Å²) >= 11 is 0. The second kappa shape index (κ2) is 6.92. The largest absolute Gasteiger partial charge is 0.334 e. The summed E-state index contributed by atoms with van der Waals surface area (Å²) in [7, 11) is -1.64. The third-order valence-corrected chi connectivity index (χ3v) is 4.52. The molecule has 1 fully saturated rings. The van der Waals surface area contributed by atoms with Gasteiger partial charge in [-0.1, -0.05) is 27.7 Å². The van der Waals surface area contributed by atoms with Gasteiger partial charge >= 0.3 is 0 Å². The van der Waals surface area contributed by atoms with Gasteiger partial charge in [0.1, 0.15) is 0 Å². The van der Waals surface area contributed by atoms with Crippen LogP contribution in [0.3, 0.4) is 0 Å². The molecular formula is C12H26O4P2. The van der Waals surface area contributed by atoms with Crippen LogP contribution in [0.1, 0.15) is 27.7 Å². The van der Waals surface area contributed by atoms with Crippen molar-refractivity contribution in [2.24, 2.45) is 10.8 Å². The van der Waals surface area contributed by atoms with Gasteiger partial charge in [0.25, 0.3) is 0 Å². The summed E-state index contributed by atoms with van der Waals surface area (Å²) in [5.74, 6) is 0. The van der Waals surface area contributed by atoms with Crippen LogP contribution in [-0.4, -0.2) is 39.8 Å². The zero-order valence-electron chi connectivity index (χ0n) is 12.4. The van der Waals surface area contributed by atoms with E-state index < -0.39 is 16.8 Å². The molecule has 0 bridgehead atoms. The highest BCUT2D eigenvalue weighted by atomic mass is 31.2. The molecule has 0 unspecified atom stereocenters. The van der Waals surface area contributed by atoms with Crippen LogP contribution >= 0.6 is 16.8 Å². The molecule has 0 aromatic carbocycles. The lowest BCUT2D eigenvalue weighted by molar-refractivity contribution is 0.0637. The van der Waals surface area contributed by atoms with E-state index in [0.29, 0.717) is 26.4 Å². The Hall–Kier alpha value is 0.700. The van der Waals surface area contributed by atoms with Crippen molar-refractivity contribution in [3.63, 3.8) is 0 Å². The van der Waals surface area contributed by atoms with E-state index in [-0.39, 0.29) is 10.8 Å². The molecule has 0 aromatic rings. The molecule has 0 spiro atoms. The summed E-state index contributed by atoms with van der Waals surface area (Å²) in [4.78, 5) is 0. The van der Waals surface area contributed by atoms with E-state index in [1.807, 2.05) is 13.3 Å². The molecule has 0 aliphatic carbocycles. The van der Waals surface area contributed by atoms with Crippen molar-refractivity contribution in [1.29, 1.82) is 0 Å². The van der Waals surface area contributed by atoms with Crippen molar-refractivity contribution in [3.05, 3.63) is 0 Å². The van der Waals surface area contributed by atoms with Crippen molar-refractivity contribution < 1.29 is 18.1 Å². The molecule has 1 saturated heterocycles. The van der Waals surface area contributed by atoms with Crippen molar-refractivity contribution in [2.45, 2.75) is 27.7 Å². The molecule has 0 N–H and O–H groups in total. The normalized spacial score (nSPS) is 34.3. The van der Waals surface area contributed by atoms with E-state index in [1.54, 1.807) is 0 Å². The Kier molecular flexibility index (Phi) is 6.44. The molecule has 1 heterocycles. The highest BCUT2D eigenvalue weighted by Gasteiger charge is 2.26. The monoisotopic (exact) mass is 296 g/mol. The Balaban J connectivity index is 2.60. The Labute approximate surface area is 114 Å². The van der Waals surface area contributed by atoms with E-state index in [0.717, 1.165) is 0 Å². The average Bonchev–Trinajstić information content (AvgIpc) is 2.28. The van der Waals surface area contributed by atoms with Crippen LogP contribution in [0.5, 0.6) is 0 Å². The van der Waals surface area contributed by atoms with E-state index >= 15 is 0 Å². The Morgan fingerprint density at radius 3 is 1.06 bits per heavy atom. The number of hydrogen-bond acceptors (Lipinski definition) is 4. The first-order chi connectivity index (χ1) is 8.20. The molecular weight excluding hydrogens is 270 g/mol. The number of rotatable bonds is 0. The lowest BCUT2D eigenvalue weighted by atomic mass is 9.97. The minimum Gasteiger partial charge on any atom is -0.334 e. The summed E-state index contributed by atoms with van der Waals surface area (Å²) in [6.45, 7) is 15.1. The maximum atomic E-state index is 5.79. The summed E-state index contributed by atoms with van der Waals surface area (Å²) in [5.41, 5.74) is -0.0107. The van der Waals surface area contributed by atoms with E-state index in [9.17, 15) is 0 Å². The predicted octanol–water partition coefficient (Wildman–Crippen LogP) is 4.00. The SMILES string of the molecule is CP1OCC(C)(C)COP(C)OCC(C)(C)CO1. The first kappa shape index (κ1) is 16.8. The summed E-state index contributed by atoms with van der Waals surface area (Å²) in [5, 5.41) is 0. The van der Waals surface area contributed by atoms with Crippen molar-refractivity contribution in [1.82, 2.24) is 0 Å². The minimum atomic E-state index is -0.818. The molecule has 1 aliphatic rings. The van der Waals surface area contributed by atoms with Crippen LogP contribution in [0, 0.1) is 10.8 Å². The van der Waals surface area contributed by atoms with E-state index in [1.165, 1.54) is 0 Å². The topological polar surface area (TPSA) is 36.9 Å². The molecule has 1 aliphatic heterocycles. The van der Waals surface area contributed by atoms with Gasteiger partial charge in [0.2, 0.25) is 0 Å². The highest BCUT2D eigenvalue weighted by molar-refractivity contribution is 7.46. The average molecular weight is 296 g/mol. The lowest BCUT2D eigenvalue weighted by Crippen LogP contribution is -2.27. The van der Waals surface area contributed by atoms with Crippen LogP contribution in [0.25, 0.3) is 0 Å². The van der Waals surface area contributed by atoms with Crippen molar-refractivity contribution >= 4 is 16.8 Å². The van der Waals surface area contributed by atoms with Crippen molar-refractivity contribution in [3.8, 4) is 0 Å². The Morgan fingerprint density at radius 2 is 0.833 bits per heavy atom. The third-order valence-electron chi connectivity index (χ3n) is 2.55. The van der Waals surface area contributed by atoms with Gasteiger partial charge in [-0.05, 0) is 0 Å². The zero-order valence-corrected chi connectivity index (χ0v) is 14.1. The fourth-order valence-electron chi connectivity index (χ4n) is 1.22. The summed E-state index contributed by atoms with van der Waals surface area (Å²) in [6.07, 6.45) is 0. The van der Waals surface area contributed by atoms with Gasteiger partial charge in [-0.25, -0.2) is 0 Å². The quantitative estimate of drug-likeness (QED) is 0.633. The van der Waals surface area contributed by atoms with Gasteiger partial charge in [-0.15, -0.1) is 0 Å². The van der Waals surface area contributed by atoms with Gasteiger partial charge in [0.15, 0.2) is 16.8 Å². The van der Waals surface area contributed by atoms with E-state index in [4.69, 9.17) is 18.1 Å². The van der Waals surface area contributed by atoms with Crippen LogP contribution in [0.4, 0.5) is 0 Å². The highest BCUT2D eigenvalue weighted by Crippen LogP contribution is 2.42. The zero-order chi connectivity index (χ0) is 13.8. The predicted molar refractivity (Wildman–Crippen MR) is 77.1 cm³/mol. The van der Waals surface area contributed by atoms with Gasteiger partial charge in [-0.2, -0.15) is 0 Å². The molecule has 108 valence electrons. The molecule has 0 atom stereocenters. The maximum absolute atomic E-state index is 5.79. The molecule has 6 heteroatoms. The number of hydrogen-bond donors (Lipinski definition) is 0. The van der Waals surface area contributed by atoms with Crippen LogP contribution in [-0.2, 0) is 18.1 Å². The Bertz CT molecular complexity index is 212. The fourth-order valence-corrected chi connectivity index (χ4v) is 3.49. The first-order valence-corrected chi connectivity index (χ1v) is 9.44. The van der Waals surface area contributed by atoms with Crippen LogP contribution < -0.4 is 0 Å². The first-order valence-electron chi connectivity index (χ1n) is 6.19.